The summed E-state index contributed by atoms with van der Waals surface area (Å²) in [6, 6.07) is 0. The number of unbranched alkanes of at least 4 members (excludes halogenated alkanes) is 37. The van der Waals surface area contributed by atoms with Crippen LogP contribution in [0.1, 0.15) is 316 Å². The molecule has 1 atom stereocenters. The topological polar surface area (TPSA) is 61.8 Å². The first-order valence-electron chi connectivity index (χ1n) is 30.2. The first-order chi connectivity index (χ1) is 33.6. The highest BCUT2D eigenvalue weighted by molar-refractivity contribution is 5.70. The molecule has 0 aliphatic carbocycles. The number of ether oxygens (including phenoxy) is 3. The van der Waals surface area contributed by atoms with E-state index in [2.05, 4.69) is 69.4 Å². The maximum atomic E-state index is 12.9. The van der Waals surface area contributed by atoms with E-state index < -0.39 is 6.10 Å². The highest BCUT2D eigenvalue weighted by Gasteiger charge is 2.17. The molecule has 0 saturated carbocycles. The molecule has 0 spiro atoms. The quantitative estimate of drug-likeness (QED) is 0.0345. The van der Waals surface area contributed by atoms with E-state index in [4.69, 9.17) is 14.2 Å². The molecular weight excluding hydrogens is 837 g/mol. The van der Waals surface area contributed by atoms with E-state index >= 15 is 0 Å². The van der Waals surface area contributed by atoms with Gasteiger partial charge in [0.1, 0.15) is 6.61 Å². The summed E-state index contributed by atoms with van der Waals surface area (Å²) in [5.41, 5.74) is 0. The Morgan fingerprint density at radius 3 is 1.03 bits per heavy atom. The van der Waals surface area contributed by atoms with E-state index in [1.807, 2.05) is 0 Å². The Labute approximate surface area is 424 Å². The highest BCUT2D eigenvalue weighted by atomic mass is 16.6. The lowest BCUT2D eigenvalue weighted by atomic mass is 10.0. The predicted octanol–water partition coefficient (Wildman–Crippen LogP) is 20.7. The molecule has 398 valence electrons. The number of hydrogen-bond acceptors (Lipinski definition) is 5. The first kappa shape index (κ1) is 65.9. The third kappa shape index (κ3) is 56.4. The van der Waals surface area contributed by atoms with E-state index in [0.717, 1.165) is 70.6 Å². The van der Waals surface area contributed by atoms with Gasteiger partial charge in [-0.1, -0.05) is 268 Å². The van der Waals surface area contributed by atoms with Gasteiger partial charge >= 0.3 is 11.9 Å². The minimum absolute atomic E-state index is 0.0789. The fraction of sp³-hybridized carbons (Fsp3) is 0.841. The second-order valence-electron chi connectivity index (χ2n) is 20.3. The van der Waals surface area contributed by atoms with Crippen molar-refractivity contribution in [3.63, 3.8) is 0 Å². The van der Waals surface area contributed by atoms with Crippen molar-refractivity contribution in [3.05, 3.63) is 48.6 Å². The monoisotopic (exact) mass is 953 g/mol. The molecule has 0 aliphatic rings. The van der Waals surface area contributed by atoms with Crippen LogP contribution in [0.3, 0.4) is 0 Å². The van der Waals surface area contributed by atoms with Gasteiger partial charge < -0.3 is 14.2 Å². The van der Waals surface area contributed by atoms with Crippen molar-refractivity contribution in [2.24, 2.45) is 0 Å². The third-order valence-electron chi connectivity index (χ3n) is 13.3. The fourth-order valence-corrected chi connectivity index (χ4v) is 8.81. The minimum Gasteiger partial charge on any atom is -0.462 e. The van der Waals surface area contributed by atoms with Crippen LogP contribution in [0.2, 0.25) is 0 Å². The summed E-state index contributed by atoms with van der Waals surface area (Å²) in [6.45, 7) is 7.83. The first-order valence-corrected chi connectivity index (χ1v) is 30.2. The van der Waals surface area contributed by atoms with Gasteiger partial charge in [0.05, 0.1) is 6.61 Å². The van der Waals surface area contributed by atoms with Crippen molar-refractivity contribution < 1.29 is 23.8 Å². The van der Waals surface area contributed by atoms with Crippen LogP contribution >= 0.6 is 0 Å². The van der Waals surface area contributed by atoms with Crippen LogP contribution < -0.4 is 0 Å². The molecule has 0 bridgehead atoms. The van der Waals surface area contributed by atoms with Gasteiger partial charge in [-0.05, 0) is 83.5 Å². The smallest absolute Gasteiger partial charge is 0.306 e. The summed E-state index contributed by atoms with van der Waals surface area (Å²) in [7, 11) is 0. The van der Waals surface area contributed by atoms with Gasteiger partial charge in [0.15, 0.2) is 6.10 Å². The Balaban J connectivity index is 4.27. The van der Waals surface area contributed by atoms with Gasteiger partial charge in [0.2, 0.25) is 0 Å². The van der Waals surface area contributed by atoms with Crippen molar-refractivity contribution in [2.45, 2.75) is 322 Å². The molecule has 0 heterocycles. The van der Waals surface area contributed by atoms with Gasteiger partial charge in [-0.3, -0.25) is 9.59 Å². The molecule has 0 fully saturated rings. The summed E-state index contributed by atoms with van der Waals surface area (Å²) in [5, 5.41) is 0. The van der Waals surface area contributed by atoms with Crippen LogP contribution in [0.15, 0.2) is 48.6 Å². The molecule has 0 aliphatic heterocycles. The third-order valence-corrected chi connectivity index (χ3v) is 13.3. The van der Waals surface area contributed by atoms with Gasteiger partial charge in [-0.15, -0.1) is 0 Å². The van der Waals surface area contributed by atoms with Crippen LogP contribution in [-0.4, -0.2) is 37.9 Å². The lowest BCUT2D eigenvalue weighted by molar-refractivity contribution is -0.163. The standard InChI is InChI=1S/C63H116O5/c1-4-7-10-13-16-19-22-25-28-30-32-33-36-38-41-44-47-50-53-56-62(64)67-60-61(68-63(65)57-54-51-48-45-42-39-35-27-24-21-18-15-12-9-6-3)59-66-58-55-52-49-46-43-40-37-34-31-29-26-23-20-17-14-11-8-5-2/h16,19,25,27-28,32-33,35,61H,4-15,17-18,20-24,26,29-31,34,36-60H2,1-3H3/b19-16-,28-25-,33-32-,35-27-. The van der Waals surface area contributed by atoms with Gasteiger partial charge in [-0.2, -0.15) is 0 Å². The number of carbonyl (C=O) groups is 2. The Kier molecular flexibility index (Phi) is 57.3. The largest absolute Gasteiger partial charge is 0.462 e. The van der Waals surface area contributed by atoms with Crippen molar-refractivity contribution in [3.8, 4) is 0 Å². The zero-order valence-electron chi connectivity index (χ0n) is 45.9. The van der Waals surface area contributed by atoms with Crippen molar-refractivity contribution in [1.29, 1.82) is 0 Å². The summed E-state index contributed by atoms with van der Waals surface area (Å²) in [5.74, 6) is -0.404. The fourth-order valence-electron chi connectivity index (χ4n) is 8.81. The van der Waals surface area contributed by atoms with Crippen LogP contribution in [0.5, 0.6) is 0 Å². The number of carbonyl (C=O) groups excluding carboxylic acids is 2. The lowest BCUT2D eigenvalue weighted by Crippen LogP contribution is -2.30. The zero-order valence-corrected chi connectivity index (χ0v) is 45.9. The Hall–Kier alpha value is -2.14. The molecule has 1 unspecified atom stereocenters. The van der Waals surface area contributed by atoms with E-state index in [9.17, 15) is 9.59 Å². The lowest BCUT2D eigenvalue weighted by Gasteiger charge is -2.18. The molecule has 5 nitrogen and oxygen atoms in total. The molecule has 0 rings (SSSR count). The number of allylic oxidation sites excluding steroid dienone is 8. The number of hydrogen-bond donors (Lipinski definition) is 0. The van der Waals surface area contributed by atoms with Gasteiger partial charge in [0, 0.05) is 19.4 Å². The molecule has 0 N–H and O–H groups in total. The van der Waals surface area contributed by atoms with E-state index in [-0.39, 0.29) is 25.2 Å². The normalized spacial score (nSPS) is 12.5. The second-order valence-corrected chi connectivity index (χ2v) is 20.3. The van der Waals surface area contributed by atoms with Crippen LogP contribution in [0.4, 0.5) is 0 Å². The molecule has 0 amide bonds. The molecule has 0 aromatic carbocycles. The molecule has 5 heteroatoms. The second kappa shape index (κ2) is 59.2. The van der Waals surface area contributed by atoms with E-state index in [1.165, 1.54) is 212 Å². The van der Waals surface area contributed by atoms with Crippen LogP contribution in [-0.2, 0) is 23.8 Å². The molecule has 0 saturated heterocycles. The predicted molar refractivity (Wildman–Crippen MR) is 298 cm³/mol. The number of esters is 2. The van der Waals surface area contributed by atoms with Crippen molar-refractivity contribution in [1.82, 2.24) is 0 Å². The molecule has 0 aromatic rings. The highest BCUT2D eigenvalue weighted by Crippen LogP contribution is 2.16. The SMILES string of the molecule is CCCCC/C=C\C/C=C\C/C=C\CCCCCCCCC(=O)OCC(COCCCCCCCCCCCCCCCCCCCC)OC(=O)CCCCCCC/C=C\CCCCCCCC. The van der Waals surface area contributed by atoms with E-state index in [0.29, 0.717) is 19.4 Å². The van der Waals surface area contributed by atoms with Crippen LogP contribution in [0, 0.1) is 0 Å². The number of rotatable bonds is 56. The zero-order chi connectivity index (χ0) is 49.2. The molecular formula is C63H116O5. The molecule has 0 aromatic heterocycles. The minimum atomic E-state index is -0.544. The van der Waals surface area contributed by atoms with E-state index in [1.54, 1.807) is 0 Å². The average molecular weight is 954 g/mol. The Morgan fingerprint density at radius 2 is 0.618 bits per heavy atom. The summed E-state index contributed by atoms with van der Waals surface area (Å²) >= 11 is 0. The molecule has 68 heavy (non-hydrogen) atoms. The van der Waals surface area contributed by atoms with Gasteiger partial charge in [0.25, 0.3) is 0 Å². The van der Waals surface area contributed by atoms with Gasteiger partial charge in [-0.25, -0.2) is 0 Å². The van der Waals surface area contributed by atoms with Crippen LogP contribution in [0.25, 0.3) is 0 Å². The van der Waals surface area contributed by atoms with Crippen molar-refractivity contribution in [2.75, 3.05) is 19.8 Å². The Morgan fingerprint density at radius 1 is 0.324 bits per heavy atom. The maximum Gasteiger partial charge on any atom is 0.306 e. The van der Waals surface area contributed by atoms with Crippen molar-refractivity contribution >= 4 is 11.9 Å². The summed E-state index contributed by atoms with van der Waals surface area (Å²) in [4.78, 5) is 25.5. The average Bonchev–Trinajstić information content (AvgIpc) is 3.34. The molecule has 0 radical (unpaired) electrons. The summed E-state index contributed by atoms with van der Waals surface area (Å²) in [6.07, 6.45) is 74.2. The maximum absolute atomic E-state index is 12.9. The Bertz CT molecular complexity index is 1120. The summed E-state index contributed by atoms with van der Waals surface area (Å²) < 4.78 is 17.5.